The van der Waals surface area contributed by atoms with Crippen molar-refractivity contribution in [1.82, 2.24) is 4.98 Å². The van der Waals surface area contributed by atoms with Gasteiger partial charge in [-0.15, -0.1) is 0 Å². The number of hydrogen-bond donors (Lipinski definition) is 0. The molecule has 1 aromatic heterocycles. The highest BCUT2D eigenvalue weighted by molar-refractivity contribution is 5.27. The van der Waals surface area contributed by atoms with Crippen molar-refractivity contribution in [3.05, 3.63) is 29.1 Å². The molecule has 0 aliphatic rings. The minimum atomic E-state index is 0.529. The lowest BCUT2D eigenvalue weighted by atomic mass is 9.99. The van der Waals surface area contributed by atoms with Crippen molar-refractivity contribution in [2.45, 2.75) is 46.5 Å². The van der Waals surface area contributed by atoms with Gasteiger partial charge >= 0.3 is 0 Å². The van der Waals surface area contributed by atoms with E-state index in [0.29, 0.717) is 11.8 Å². The molecule has 1 heteroatoms. The lowest BCUT2D eigenvalue weighted by Crippen LogP contribution is -1.99. The third-order valence-electron chi connectivity index (χ3n) is 2.35. The maximum atomic E-state index is 4.50. The summed E-state index contributed by atoms with van der Waals surface area (Å²) in [5.74, 6) is 1.11. The van der Waals surface area contributed by atoms with Crippen LogP contribution in [0.5, 0.6) is 0 Å². The standard InChI is InChI=1S/C12H19N/c1-8(2)11-6-10(5)12(9(3)4)13-7-11/h6-9H,1-5H3. The number of aromatic nitrogens is 1. The first-order valence-corrected chi connectivity index (χ1v) is 4.98. The largest absolute Gasteiger partial charge is 0.260 e. The third-order valence-corrected chi connectivity index (χ3v) is 2.35. The van der Waals surface area contributed by atoms with Crippen molar-refractivity contribution in [1.29, 1.82) is 0 Å². The number of hydrogen-bond acceptors (Lipinski definition) is 1. The fourth-order valence-corrected chi connectivity index (χ4v) is 1.53. The molecule has 0 aliphatic heterocycles. The zero-order chi connectivity index (χ0) is 10.0. The molecule has 0 saturated heterocycles. The summed E-state index contributed by atoms with van der Waals surface area (Å²) in [6.45, 7) is 10.9. The molecule has 1 rings (SSSR count). The van der Waals surface area contributed by atoms with Gasteiger partial charge < -0.3 is 0 Å². The fraction of sp³-hybridized carbons (Fsp3) is 0.583. The van der Waals surface area contributed by atoms with E-state index in [1.54, 1.807) is 0 Å². The maximum Gasteiger partial charge on any atom is 0.0458 e. The quantitative estimate of drug-likeness (QED) is 0.672. The van der Waals surface area contributed by atoms with Crippen molar-refractivity contribution >= 4 is 0 Å². The van der Waals surface area contributed by atoms with Crippen LogP contribution in [0.4, 0.5) is 0 Å². The second-order valence-electron chi connectivity index (χ2n) is 4.28. The summed E-state index contributed by atoms with van der Waals surface area (Å²) in [6, 6.07) is 2.26. The van der Waals surface area contributed by atoms with E-state index < -0.39 is 0 Å². The summed E-state index contributed by atoms with van der Waals surface area (Å²) in [5.41, 5.74) is 3.88. The summed E-state index contributed by atoms with van der Waals surface area (Å²) >= 11 is 0. The van der Waals surface area contributed by atoms with Gasteiger partial charge in [0.1, 0.15) is 0 Å². The Bertz CT molecular complexity index is 287. The van der Waals surface area contributed by atoms with E-state index in [9.17, 15) is 0 Å². The predicted molar refractivity (Wildman–Crippen MR) is 57.2 cm³/mol. The van der Waals surface area contributed by atoms with Gasteiger partial charge in [-0.2, -0.15) is 0 Å². The molecule has 0 bridgehead atoms. The highest BCUT2D eigenvalue weighted by Gasteiger charge is 2.07. The Morgan fingerprint density at radius 2 is 1.69 bits per heavy atom. The van der Waals surface area contributed by atoms with E-state index in [-0.39, 0.29) is 0 Å². The van der Waals surface area contributed by atoms with Gasteiger partial charge in [0.2, 0.25) is 0 Å². The Morgan fingerprint density at radius 1 is 1.08 bits per heavy atom. The van der Waals surface area contributed by atoms with Crippen LogP contribution in [0.25, 0.3) is 0 Å². The molecule has 0 fully saturated rings. The van der Waals surface area contributed by atoms with Crippen LogP contribution in [-0.4, -0.2) is 4.98 Å². The smallest absolute Gasteiger partial charge is 0.0458 e. The minimum Gasteiger partial charge on any atom is -0.260 e. The first-order chi connectivity index (χ1) is 6.02. The average molecular weight is 177 g/mol. The predicted octanol–water partition coefficient (Wildman–Crippen LogP) is 3.64. The molecule has 13 heavy (non-hydrogen) atoms. The van der Waals surface area contributed by atoms with Crippen LogP contribution in [0.3, 0.4) is 0 Å². The topological polar surface area (TPSA) is 12.9 Å². The first kappa shape index (κ1) is 10.2. The van der Waals surface area contributed by atoms with Crippen LogP contribution >= 0.6 is 0 Å². The van der Waals surface area contributed by atoms with Crippen LogP contribution in [0.2, 0.25) is 0 Å². The molecule has 0 amide bonds. The summed E-state index contributed by atoms with van der Waals surface area (Å²) in [4.78, 5) is 4.50. The zero-order valence-corrected chi connectivity index (χ0v) is 9.26. The molecule has 0 saturated carbocycles. The Morgan fingerprint density at radius 3 is 2.08 bits per heavy atom. The lowest BCUT2D eigenvalue weighted by molar-refractivity contribution is 0.791. The third kappa shape index (κ3) is 2.30. The molecule has 0 atom stereocenters. The van der Waals surface area contributed by atoms with Crippen molar-refractivity contribution < 1.29 is 0 Å². The highest BCUT2D eigenvalue weighted by Crippen LogP contribution is 2.20. The van der Waals surface area contributed by atoms with Gasteiger partial charge in [0.15, 0.2) is 0 Å². The lowest BCUT2D eigenvalue weighted by Gasteiger charge is -2.11. The van der Waals surface area contributed by atoms with Gasteiger partial charge in [0, 0.05) is 11.9 Å². The normalized spacial score (nSPS) is 11.3. The van der Waals surface area contributed by atoms with Gasteiger partial charge in [-0.25, -0.2) is 0 Å². The number of aryl methyl sites for hydroxylation is 1. The van der Waals surface area contributed by atoms with Crippen LogP contribution in [0.1, 0.15) is 56.4 Å². The molecule has 0 N–H and O–H groups in total. The van der Waals surface area contributed by atoms with E-state index >= 15 is 0 Å². The van der Waals surface area contributed by atoms with Gasteiger partial charge in [-0.1, -0.05) is 33.8 Å². The van der Waals surface area contributed by atoms with Gasteiger partial charge in [-0.3, -0.25) is 4.98 Å². The Kier molecular flexibility index (Phi) is 3.07. The summed E-state index contributed by atoms with van der Waals surface area (Å²) in [5, 5.41) is 0. The van der Waals surface area contributed by atoms with E-state index in [1.165, 1.54) is 16.8 Å². The SMILES string of the molecule is Cc1cc(C(C)C)cnc1C(C)C. The number of nitrogens with zero attached hydrogens (tertiary/aromatic N) is 1. The Labute approximate surface area is 81.2 Å². The minimum absolute atomic E-state index is 0.529. The molecule has 0 spiro atoms. The van der Waals surface area contributed by atoms with Crippen molar-refractivity contribution in [3.63, 3.8) is 0 Å². The van der Waals surface area contributed by atoms with Gasteiger partial charge in [-0.05, 0) is 29.9 Å². The molecule has 1 nitrogen and oxygen atoms in total. The highest BCUT2D eigenvalue weighted by atomic mass is 14.7. The molecular formula is C12H19N. The Hall–Kier alpha value is -0.850. The second kappa shape index (κ2) is 3.91. The maximum absolute atomic E-state index is 4.50. The number of pyridine rings is 1. The Balaban J connectivity index is 3.06. The van der Waals surface area contributed by atoms with Crippen molar-refractivity contribution in [2.24, 2.45) is 0 Å². The second-order valence-corrected chi connectivity index (χ2v) is 4.28. The summed E-state index contributed by atoms with van der Waals surface area (Å²) in [6.07, 6.45) is 2.01. The van der Waals surface area contributed by atoms with E-state index in [2.05, 4.69) is 45.7 Å². The molecule has 0 aromatic carbocycles. The molecular weight excluding hydrogens is 158 g/mol. The molecule has 1 heterocycles. The summed E-state index contributed by atoms with van der Waals surface area (Å²) in [7, 11) is 0. The monoisotopic (exact) mass is 177 g/mol. The van der Waals surface area contributed by atoms with Crippen LogP contribution < -0.4 is 0 Å². The average Bonchev–Trinajstić information content (AvgIpc) is 2.03. The molecule has 0 aliphatic carbocycles. The van der Waals surface area contributed by atoms with Crippen LogP contribution in [0.15, 0.2) is 12.3 Å². The molecule has 72 valence electrons. The van der Waals surface area contributed by atoms with Crippen molar-refractivity contribution in [3.8, 4) is 0 Å². The van der Waals surface area contributed by atoms with E-state index in [1.807, 2.05) is 6.20 Å². The van der Waals surface area contributed by atoms with Gasteiger partial charge in [0.05, 0.1) is 0 Å². The summed E-state index contributed by atoms with van der Waals surface area (Å²) < 4.78 is 0. The van der Waals surface area contributed by atoms with Crippen LogP contribution in [0, 0.1) is 6.92 Å². The molecule has 0 unspecified atom stereocenters. The fourth-order valence-electron chi connectivity index (χ4n) is 1.53. The zero-order valence-electron chi connectivity index (χ0n) is 9.26. The van der Waals surface area contributed by atoms with Crippen molar-refractivity contribution in [2.75, 3.05) is 0 Å². The van der Waals surface area contributed by atoms with Crippen LogP contribution in [-0.2, 0) is 0 Å². The van der Waals surface area contributed by atoms with E-state index in [0.717, 1.165) is 0 Å². The number of rotatable bonds is 2. The van der Waals surface area contributed by atoms with E-state index in [4.69, 9.17) is 0 Å². The first-order valence-electron chi connectivity index (χ1n) is 4.98. The van der Waals surface area contributed by atoms with Gasteiger partial charge in [0.25, 0.3) is 0 Å². The molecule has 1 aromatic rings. The molecule has 0 radical (unpaired) electrons.